The van der Waals surface area contributed by atoms with E-state index in [4.69, 9.17) is 11.6 Å². The largest absolute Gasteiger partial charge is 0.371 e. The predicted molar refractivity (Wildman–Crippen MR) is 67.4 cm³/mol. The van der Waals surface area contributed by atoms with Crippen molar-refractivity contribution in [1.82, 2.24) is 19.5 Å². The zero-order valence-corrected chi connectivity index (χ0v) is 10.4. The second-order valence-electron chi connectivity index (χ2n) is 4.35. The number of aromatic nitrogens is 4. The van der Waals surface area contributed by atoms with E-state index in [1.807, 2.05) is 13.4 Å². The molecule has 0 amide bonds. The monoisotopic (exact) mass is 251 g/mol. The SMILES string of the molecule is CNc1nc(Cl)nc2c1ncn2C1CCCC1. The van der Waals surface area contributed by atoms with Gasteiger partial charge in [0, 0.05) is 13.1 Å². The summed E-state index contributed by atoms with van der Waals surface area (Å²) >= 11 is 5.93. The van der Waals surface area contributed by atoms with Gasteiger partial charge in [-0.2, -0.15) is 9.97 Å². The molecule has 2 aromatic heterocycles. The first-order valence-electron chi connectivity index (χ1n) is 5.87. The Morgan fingerprint density at radius 2 is 2.12 bits per heavy atom. The zero-order chi connectivity index (χ0) is 11.8. The Morgan fingerprint density at radius 1 is 1.35 bits per heavy atom. The summed E-state index contributed by atoms with van der Waals surface area (Å²) in [5.41, 5.74) is 1.63. The van der Waals surface area contributed by atoms with E-state index in [2.05, 4.69) is 24.8 Å². The minimum atomic E-state index is 0.265. The van der Waals surface area contributed by atoms with Gasteiger partial charge in [0.25, 0.3) is 0 Å². The Hall–Kier alpha value is -1.36. The van der Waals surface area contributed by atoms with Gasteiger partial charge in [-0.15, -0.1) is 0 Å². The van der Waals surface area contributed by atoms with Crippen LogP contribution in [0.3, 0.4) is 0 Å². The number of hydrogen-bond donors (Lipinski definition) is 1. The molecule has 0 aromatic carbocycles. The van der Waals surface area contributed by atoms with Crippen molar-refractivity contribution in [1.29, 1.82) is 0 Å². The summed E-state index contributed by atoms with van der Waals surface area (Å²) in [6.07, 6.45) is 6.81. The topological polar surface area (TPSA) is 55.6 Å². The van der Waals surface area contributed by atoms with Gasteiger partial charge >= 0.3 is 0 Å². The minimum absolute atomic E-state index is 0.265. The minimum Gasteiger partial charge on any atom is -0.371 e. The fraction of sp³-hybridized carbons (Fsp3) is 0.545. The van der Waals surface area contributed by atoms with Crippen molar-refractivity contribution in [3.05, 3.63) is 11.6 Å². The number of nitrogens with zero attached hydrogens (tertiary/aromatic N) is 4. The number of fused-ring (bicyclic) bond motifs is 1. The van der Waals surface area contributed by atoms with Crippen molar-refractivity contribution in [2.75, 3.05) is 12.4 Å². The average molecular weight is 252 g/mol. The van der Waals surface area contributed by atoms with Crippen LogP contribution in [0.5, 0.6) is 0 Å². The summed E-state index contributed by atoms with van der Waals surface area (Å²) < 4.78 is 2.14. The maximum Gasteiger partial charge on any atom is 0.226 e. The van der Waals surface area contributed by atoms with Crippen LogP contribution in [0.15, 0.2) is 6.33 Å². The molecular weight excluding hydrogens is 238 g/mol. The van der Waals surface area contributed by atoms with Gasteiger partial charge < -0.3 is 9.88 Å². The van der Waals surface area contributed by atoms with E-state index in [1.165, 1.54) is 25.7 Å². The highest BCUT2D eigenvalue weighted by Gasteiger charge is 2.21. The predicted octanol–water partition coefficient (Wildman–Crippen LogP) is 2.64. The number of imidazole rings is 1. The van der Waals surface area contributed by atoms with Crippen LogP contribution < -0.4 is 5.32 Å². The normalized spacial score (nSPS) is 16.8. The molecule has 5 nitrogen and oxygen atoms in total. The lowest BCUT2D eigenvalue weighted by atomic mass is 10.2. The van der Waals surface area contributed by atoms with Gasteiger partial charge in [0.15, 0.2) is 17.0 Å². The highest BCUT2D eigenvalue weighted by Crippen LogP contribution is 2.32. The number of nitrogens with one attached hydrogen (secondary N) is 1. The highest BCUT2D eigenvalue weighted by molar-refractivity contribution is 6.28. The molecule has 3 rings (SSSR count). The van der Waals surface area contributed by atoms with Gasteiger partial charge in [-0.25, -0.2) is 4.98 Å². The first-order chi connectivity index (χ1) is 8.29. The molecule has 0 bridgehead atoms. The number of hydrogen-bond acceptors (Lipinski definition) is 4. The molecule has 1 saturated carbocycles. The Morgan fingerprint density at radius 3 is 2.82 bits per heavy atom. The highest BCUT2D eigenvalue weighted by atomic mass is 35.5. The quantitative estimate of drug-likeness (QED) is 0.834. The molecule has 0 unspecified atom stereocenters. The van der Waals surface area contributed by atoms with E-state index in [0.717, 1.165) is 11.2 Å². The first kappa shape index (κ1) is 10.8. The van der Waals surface area contributed by atoms with Crippen LogP contribution in [0.2, 0.25) is 5.28 Å². The fourth-order valence-corrected chi connectivity index (χ4v) is 2.68. The molecule has 17 heavy (non-hydrogen) atoms. The Labute approximate surface area is 104 Å². The molecule has 0 atom stereocenters. The van der Waals surface area contributed by atoms with Crippen LogP contribution in [0.4, 0.5) is 5.82 Å². The summed E-state index contributed by atoms with van der Waals surface area (Å²) in [6, 6.07) is 0.510. The standard InChI is InChI=1S/C11H14ClN5/c1-13-9-8-10(16-11(12)15-9)17(6-14-8)7-4-2-3-5-7/h6-7H,2-5H2,1H3,(H,13,15,16). The van der Waals surface area contributed by atoms with Crippen LogP contribution in [-0.2, 0) is 0 Å². The first-order valence-corrected chi connectivity index (χ1v) is 6.25. The summed E-state index contributed by atoms with van der Waals surface area (Å²) in [5.74, 6) is 0.691. The van der Waals surface area contributed by atoms with Gasteiger partial charge in [0.1, 0.15) is 0 Å². The lowest BCUT2D eigenvalue weighted by Gasteiger charge is -2.11. The van der Waals surface area contributed by atoms with E-state index in [1.54, 1.807) is 0 Å². The third-order valence-corrected chi connectivity index (χ3v) is 3.52. The summed E-state index contributed by atoms with van der Waals surface area (Å²) in [5, 5.41) is 3.27. The van der Waals surface area contributed by atoms with E-state index in [9.17, 15) is 0 Å². The third-order valence-electron chi connectivity index (χ3n) is 3.35. The van der Waals surface area contributed by atoms with Gasteiger partial charge in [-0.1, -0.05) is 12.8 Å². The van der Waals surface area contributed by atoms with E-state index >= 15 is 0 Å². The maximum absolute atomic E-state index is 5.93. The van der Waals surface area contributed by atoms with Crippen LogP contribution in [0.25, 0.3) is 11.2 Å². The van der Waals surface area contributed by atoms with Gasteiger partial charge in [-0.3, -0.25) is 0 Å². The van der Waals surface area contributed by atoms with Crippen molar-refractivity contribution in [2.24, 2.45) is 0 Å². The molecule has 1 aliphatic rings. The summed E-state index contributed by atoms with van der Waals surface area (Å²) in [4.78, 5) is 12.8. The van der Waals surface area contributed by atoms with Crippen LogP contribution >= 0.6 is 11.6 Å². The molecule has 1 fully saturated rings. The molecule has 2 aromatic rings. The Kier molecular flexibility index (Phi) is 2.63. The molecule has 0 saturated heterocycles. The zero-order valence-electron chi connectivity index (χ0n) is 9.65. The maximum atomic E-state index is 5.93. The van der Waals surface area contributed by atoms with Crippen molar-refractivity contribution < 1.29 is 0 Å². The number of rotatable bonds is 2. The van der Waals surface area contributed by atoms with Gasteiger partial charge in [0.2, 0.25) is 5.28 Å². The van der Waals surface area contributed by atoms with Gasteiger partial charge in [-0.05, 0) is 24.4 Å². The summed E-state index contributed by atoms with van der Waals surface area (Å²) in [7, 11) is 1.81. The lowest BCUT2D eigenvalue weighted by Crippen LogP contribution is -2.05. The lowest BCUT2D eigenvalue weighted by molar-refractivity contribution is 0.529. The molecule has 90 valence electrons. The smallest absolute Gasteiger partial charge is 0.226 e. The number of anilines is 1. The Bertz CT molecular complexity index is 544. The fourth-order valence-electron chi connectivity index (χ4n) is 2.51. The van der Waals surface area contributed by atoms with Gasteiger partial charge in [0.05, 0.1) is 6.33 Å². The molecule has 6 heteroatoms. The van der Waals surface area contributed by atoms with Crippen molar-refractivity contribution in [2.45, 2.75) is 31.7 Å². The van der Waals surface area contributed by atoms with Crippen LogP contribution in [0, 0.1) is 0 Å². The van der Waals surface area contributed by atoms with Crippen molar-refractivity contribution in [3.63, 3.8) is 0 Å². The van der Waals surface area contributed by atoms with Crippen molar-refractivity contribution >= 4 is 28.6 Å². The molecule has 1 aliphatic carbocycles. The van der Waals surface area contributed by atoms with Crippen LogP contribution in [-0.4, -0.2) is 26.6 Å². The molecule has 0 spiro atoms. The third kappa shape index (κ3) is 1.74. The van der Waals surface area contributed by atoms with E-state index in [-0.39, 0.29) is 5.28 Å². The molecule has 0 aliphatic heterocycles. The van der Waals surface area contributed by atoms with Crippen molar-refractivity contribution in [3.8, 4) is 0 Å². The average Bonchev–Trinajstić information content (AvgIpc) is 2.94. The second-order valence-corrected chi connectivity index (χ2v) is 4.69. The molecule has 1 N–H and O–H groups in total. The second kappa shape index (κ2) is 4.14. The van der Waals surface area contributed by atoms with E-state index < -0.39 is 0 Å². The summed E-state index contributed by atoms with van der Waals surface area (Å²) in [6.45, 7) is 0. The Balaban J connectivity index is 2.17. The molecule has 0 radical (unpaired) electrons. The van der Waals surface area contributed by atoms with E-state index in [0.29, 0.717) is 11.9 Å². The number of halogens is 1. The molecule has 2 heterocycles. The van der Waals surface area contributed by atoms with Crippen LogP contribution in [0.1, 0.15) is 31.7 Å². The molecular formula is C11H14ClN5.